The molecule has 1 aromatic carbocycles. The standard InChI is InChI=1S/C13H19N3O/c14-13(16-12-4-2-1-3-5-12)15-8-6-11-7-9-17-10-11/h1-5,11H,6-10H2,(H3,14,15,16). The van der Waals surface area contributed by atoms with Crippen molar-refractivity contribution in [3.63, 3.8) is 0 Å². The second-order valence-corrected chi connectivity index (χ2v) is 4.28. The van der Waals surface area contributed by atoms with E-state index in [0.29, 0.717) is 11.9 Å². The lowest BCUT2D eigenvalue weighted by atomic mass is 10.1. The first-order chi connectivity index (χ1) is 8.34. The van der Waals surface area contributed by atoms with Crippen molar-refractivity contribution in [3.05, 3.63) is 30.3 Å². The van der Waals surface area contributed by atoms with Gasteiger partial charge < -0.3 is 15.8 Å². The Morgan fingerprint density at radius 2 is 2.24 bits per heavy atom. The second kappa shape index (κ2) is 6.25. The summed E-state index contributed by atoms with van der Waals surface area (Å²) >= 11 is 0. The average Bonchev–Trinajstić information content (AvgIpc) is 2.83. The summed E-state index contributed by atoms with van der Waals surface area (Å²) < 4.78 is 5.31. The summed E-state index contributed by atoms with van der Waals surface area (Å²) in [4.78, 5) is 4.31. The van der Waals surface area contributed by atoms with Crippen molar-refractivity contribution in [2.24, 2.45) is 16.6 Å². The van der Waals surface area contributed by atoms with Gasteiger partial charge in [-0.05, 0) is 30.9 Å². The van der Waals surface area contributed by atoms with Crippen LogP contribution in [0.15, 0.2) is 35.3 Å². The van der Waals surface area contributed by atoms with Crippen LogP contribution >= 0.6 is 0 Å². The molecule has 1 fully saturated rings. The van der Waals surface area contributed by atoms with Crippen molar-refractivity contribution in [2.45, 2.75) is 12.8 Å². The molecule has 1 saturated heterocycles. The first-order valence-corrected chi connectivity index (χ1v) is 6.04. The van der Waals surface area contributed by atoms with Crippen molar-refractivity contribution in [1.29, 1.82) is 0 Å². The molecule has 0 bridgehead atoms. The highest BCUT2D eigenvalue weighted by atomic mass is 16.5. The monoisotopic (exact) mass is 233 g/mol. The van der Waals surface area contributed by atoms with E-state index >= 15 is 0 Å². The maximum Gasteiger partial charge on any atom is 0.193 e. The van der Waals surface area contributed by atoms with Gasteiger partial charge in [0.1, 0.15) is 0 Å². The molecular formula is C13H19N3O. The quantitative estimate of drug-likeness (QED) is 0.616. The van der Waals surface area contributed by atoms with Crippen LogP contribution in [0.3, 0.4) is 0 Å². The number of rotatable bonds is 4. The minimum atomic E-state index is 0.482. The van der Waals surface area contributed by atoms with Gasteiger partial charge in [-0.2, -0.15) is 0 Å². The fourth-order valence-electron chi connectivity index (χ4n) is 1.89. The Labute approximate surface area is 102 Å². The molecule has 4 heteroatoms. The molecule has 0 spiro atoms. The highest BCUT2D eigenvalue weighted by Gasteiger charge is 2.14. The largest absolute Gasteiger partial charge is 0.381 e. The molecule has 2 rings (SSSR count). The maximum absolute atomic E-state index is 5.80. The summed E-state index contributed by atoms with van der Waals surface area (Å²) in [5.74, 6) is 1.14. The number of guanidine groups is 1. The molecule has 17 heavy (non-hydrogen) atoms. The predicted octanol–water partition coefficient (Wildman–Crippen LogP) is 1.84. The average molecular weight is 233 g/mol. The van der Waals surface area contributed by atoms with Gasteiger partial charge in [-0.25, -0.2) is 0 Å². The third-order valence-electron chi connectivity index (χ3n) is 2.89. The lowest BCUT2D eigenvalue weighted by Crippen LogP contribution is -2.23. The fourth-order valence-corrected chi connectivity index (χ4v) is 1.89. The van der Waals surface area contributed by atoms with Crippen molar-refractivity contribution in [1.82, 2.24) is 0 Å². The number of nitrogens with two attached hydrogens (primary N) is 1. The third-order valence-corrected chi connectivity index (χ3v) is 2.89. The highest BCUT2D eigenvalue weighted by Crippen LogP contribution is 2.15. The van der Waals surface area contributed by atoms with E-state index in [1.165, 1.54) is 0 Å². The molecule has 1 aromatic rings. The van der Waals surface area contributed by atoms with E-state index in [9.17, 15) is 0 Å². The number of ether oxygens (including phenoxy) is 1. The molecule has 0 aromatic heterocycles. The Morgan fingerprint density at radius 1 is 1.41 bits per heavy atom. The number of aliphatic imine (C=N–C) groups is 1. The number of para-hydroxylation sites is 1. The molecule has 3 N–H and O–H groups in total. The number of anilines is 1. The molecule has 1 atom stereocenters. The second-order valence-electron chi connectivity index (χ2n) is 4.28. The van der Waals surface area contributed by atoms with Gasteiger partial charge >= 0.3 is 0 Å². The molecule has 4 nitrogen and oxygen atoms in total. The molecular weight excluding hydrogens is 214 g/mol. The minimum absolute atomic E-state index is 0.482. The smallest absolute Gasteiger partial charge is 0.193 e. The summed E-state index contributed by atoms with van der Waals surface area (Å²) in [7, 11) is 0. The number of hydrogen-bond donors (Lipinski definition) is 2. The van der Waals surface area contributed by atoms with Crippen molar-refractivity contribution in [3.8, 4) is 0 Å². The molecule has 92 valence electrons. The Hall–Kier alpha value is -1.55. The Balaban J connectivity index is 1.73. The number of benzene rings is 1. The molecule has 1 heterocycles. The van der Waals surface area contributed by atoms with Gasteiger partial charge in [0.05, 0.1) is 0 Å². The third kappa shape index (κ3) is 4.07. The Bertz CT molecular complexity index is 358. The van der Waals surface area contributed by atoms with Crippen LogP contribution in [0.25, 0.3) is 0 Å². The zero-order valence-electron chi connectivity index (χ0n) is 9.93. The lowest BCUT2D eigenvalue weighted by molar-refractivity contribution is 0.184. The molecule has 1 aliphatic heterocycles. The zero-order chi connectivity index (χ0) is 11.9. The first-order valence-electron chi connectivity index (χ1n) is 6.04. The van der Waals surface area contributed by atoms with E-state index in [1.54, 1.807) is 0 Å². The molecule has 0 radical (unpaired) electrons. The van der Waals surface area contributed by atoms with Crippen LogP contribution in [0.4, 0.5) is 5.69 Å². The van der Waals surface area contributed by atoms with E-state index in [1.807, 2.05) is 30.3 Å². The van der Waals surface area contributed by atoms with Crippen molar-refractivity contribution < 1.29 is 4.74 Å². The van der Waals surface area contributed by atoms with Crippen LogP contribution in [0.5, 0.6) is 0 Å². The van der Waals surface area contributed by atoms with Crippen LogP contribution in [-0.4, -0.2) is 25.7 Å². The van der Waals surface area contributed by atoms with Gasteiger partial charge in [-0.1, -0.05) is 18.2 Å². The Morgan fingerprint density at radius 3 is 2.94 bits per heavy atom. The normalized spacial score (nSPS) is 20.5. The molecule has 1 aliphatic rings. The number of nitrogens with zero attached hydrogens (tertiary/aromatic N) is 1. The fraction of sp³-hybridized carbons (Fsp3) is 0.462. The van der Waals surface area contributed by atoms with E-state index in [-0.39, 0.29) is 0 Å². The summed E-state index contributed by atoms with van der Waals surface area (Å²) in [6.45, 7) is 2.54. The van der Waals surface area contributed by atoms with Crippen LogP contribution in [0.2, 0.25) is 0 Å². The SMILES string of the molecule is NC(=NCCC1CCOC1)Nc1ccccc1. The predicted molar refractivity (Wildman–Crippen MR) is 70.1 cm³/mol. The minimum Gasteiger partial charge on any atom is -0.381 e. The zero-order valence-corrected chi connectivity index (χ0v) is 9.93. The van der Waals surface area contributed by atoms with Gasteiger partial charge in [-0.3, -0.25) is 4.99 Å². The van der Waals surface area contributed by atoms with Gasteiger partial charge in [0, 0.05) is 25.4 Å². The van der Waals surface area contributed by atoms with Crippen LogP contribution in [0, 0.1) is 5.92 Å². The molecule has 1 unspecified atom stereocenters. The first kappa shape index (κ1) is 11.9. The van der Waals surface area contributed by atoms with Crippen molar-refractivity contribution >= 4 is 11.6 Å². The van der Waals surface area contributed by atoms with Crippen molar-refractivity contribution in [2.75, 3.05) is 25.1 Å². The van der Waals surface area contributed by atoms with Gasteiger partial charge in [-0.15, -0.1) is 0 Å². The van der Waals surface area contributed by atoms with Gasteiger partial charge in [0.25, 0.3) is 0 Å². The van der Waals surface area contributed by atoms with E-state index in [2.05, 4.69) is 10.3 Å². The number of hydrogen-bond acceptors (Lipinski definition) is 2. The summed E-state index contributed by atoms with van der Waals surface area (Å²) in [6, 6.07) is 9.83. The molecule has 0 aliphatic carbocycles. The van der Waals surface area contributed by atoms with E-state index in [4.69, 9.17) is 10.5 Å². The van der Waals surface area contributed by atoms with Gasteiger partial charge in [0.15, 0.2) is 5.96 Å². The topological polar surface area (TPSA) is 59.6 Å². The van der Waals surface area contributed by atoms with Gasteiger partial charge in [0.2, 0.25) is 0 Å². The molecule has 0 amide bonds. The summed E-state index contributed by atoms with van der Waals surface area (Å²) in [6.07, 6.45) is 2.21. The summed E-state index contributed by atoms with van der Waals surface area (Å²) in [5, 5.41) is 3.06. The lowest BCUT2D eigenvalue weighted by Gasteiger charge is -2.07. The summed E-state index contributed by atoms with van der Waals surface area (Å²) in [5.41, 5.74) is 6.77. The van der Waals surface area contributed by atoms with E-state index < -0.39 is 0 Å². The maximum atomic E-state index is 5.80. The molecule has 0 saturated carbocycles. The van der Waals surface area contributed by atoms with Crippen LogP contribution in [-0.2, 0) is 4.74 Å². The van der Waals surface area contributed by atoms with E-state index in [0.717, 1.165) is 38.3 Å². The highest BCUT2D eigenvalue weighted by molar-refractivity contribution is 5.92. The van der Waals surface area contributed by atoms with Crippen LogP contribution < -0.4 is 11.1 Å². The Kier molecular flexibility index (Phi) is 4.38. The number of nitrogens with one attached hydrogen (secondary N) is 1. The van der Waals surface area contributed by atoms with Crippen LogP contribution in [0.1, 0.15) is 12.8 Å².